The quantitative estimate of drug-likeness (QED) is 0.624. The third-order valence-corrected chi connectivity index (χ3v) is 3.03. The number of aromatic hydroxyl groups is 2. The smallest absolute Gasteiger partial charge is 0.260 e. The summed E-state index contributed by atoms with van der Waals surface area (Å²) in [5.74, 6) is -0.0882. The first kappa shape index (κ1) is 11.3. The van der Waals surface area contributed by atoms with Crippen molar-refractivity contribution in [1.82, 2.24) is 4.98 Å². The van der Waals surface area contributed by atoms with Gasteiger partial charge in [-0.25, -0.2) is 0 Å². The molecule has 0 aliphatic rings. The van der Waals surface area contributed by atoms with Crippen molar-refractivity contribution in [2.45, 2.75) is 0 Å². The molecule has 19 heavy (non-hydrogen) atoms. The molecule has 94 valence electrons. The predicted molar refractivity (Wildman–Crippen MR) is 73.3 cm³/mol. The van der Waals surface area contributed by atoms with Crippen LogP contribution in [0.5, 0.6) is 11.5 Å². The van der Waals surface area contributed by atoms with Crippen molar-refractivity contribution in [3.8, 4) is 22.6 Å². The predicted octanol–water partition coefficient (Wildman–Crippen LogP) is 2.61. The molecule has 3 aromatic rings. The standard InChI is InChI=1S/C15H11NO3/c17-10-6-7-12-11(8-10)14(18)13(15(19)16-12)9-4-2-1-3-5-9/h1-8,17H,(H2,16,18,19). The highest BCUT2D eigenvalue weighted by Gasteiger charge is 2.13. The summed E-state index contributed by atoms with van der Waals surface area (Å²) in [5, 5.41) is 20.2. The summed E-state index contributed by atoms with van der Waals surface area (Å²) in [4.78, 5) is 14.8. The summed E-state index contributed by atoms with van der Waals surface area (Å²) < 4.78 is 0. The van der Waals surface area contributed by atoms with Crippen molar-refractivity contribution < 1.29 is 10.2 Å². The zero-order chi connectivity index (χ0) is 13.4. The van der Waals surface area contributed by atoms with Gasteiger partial charge in [0.2, 0.25) is 0 Å². The maximum atomic E-state index is 12.1. The molecule has 0 amide bonds. The van der Waals surface area contributed by atoms with E-state index in [0.29, 0.717) is 16.5 Å². The molecular formula is C15H11NO3. The minimum absolute atomic E-state index is 0.0360. The molecule has 0 saturated carbocycles. The number of fused-ring (bicyclic) bond motifs is 1. The number of rotatable bonds is 1. The Hall–Kier alpha value is -2.75. The van der Waals surface area contributed by atoms with E-state index in [2.05, 4.69) is 4.98 Å². The van der Waals surface area contributed by atoms with E-state index in [1.807, 2.05) is 6.07 Å². The Morgan fingerprint density at radius 1 is 0.947 bits per heavy atom. The second kappa shape index (κ2) is 4.17. The molecule has 0 fully saturated rings. The molecule has 0 saturated heterocycles. The molecule has 0 bridgehead atoms. The monoisotopic (exact) mass is 253 g/mol. The normalized spacial score (nSPS) is 10.7. The molecular weight excluding hydrogens is 242 g/mol. The fraction of sp³-hybridized carbons (Fsp3) is 0. The summed E-state index contributed by atoms with van der Waals surface area (Å²) >= 11 is 0. The van der Waals surface area contributed by atoms with E-state index in [4.69, 9.17) is 0 Å². The number of hydrogen-bond donors (Lipinski definition) is 3. The molecule has 0 atom stereocenters. The highest BCUT2D eigenvalue weighted by Crippen LogP contribution is 2.33. The molecule has 2 aromatic carbocycles. The lowest BCUT2D eigenvalue weighted by atomic mass is 10.0. The van der Waals surface area contributed by atoms with Gasteiger partial charge < -0.3 is 15.2 Å². The van der Waals surface area contributed by atoms with Crippen LogP contribution >= 0.6 is 0 Å². The van der Waals surface area contributed by atoms with Crippen LogP contribution in [0.3, 0.4) is 0 Å². The van der Waals surface area contributed by atoms with Gasteiger partial charge in [-0.15, -0.1) is 0 Å². The minimum Gasteiger partial charge on any atom is -0.508 e. The average Bonchev–Trinajstić information content (AvgIpc) is 2.41. The summed E-state index contributed by atoms with van der Waals surface area (Å²) in [6.07, 6.45) is 0. The average molecular weight is 253 g/mol. The van der Waals surface area contributed by atoms with Crippen LogP contribution in [0.4, 0.5) is 0 Å². The van der Waals surface area contributed by atoms with E-state index >= 15 is 0 Å². The first-order valence-electron chi connectivity index (χ1n) is 5.80. The van der Waals surface area contributed by atoms with Gasteiger partial charge in [0.1, 0.15) is 11.5 Å². The number of aromatic nitrogens is 1. The number of benzene rings is 2. The lowest BCUT2D eigenvalue weighted by Gasteiger charge is -2.07. The van der Waals surface area contributed by atoms with Gasteiger partial charge in [0.15, 0.2) is 0 Å². The van der Waals surface area contributed by atoms with E-state index in [9.17, 15) is 15.0 Å². The second-order valence-corrected chi connectivity index (χ2v) is 4.27. The van der Waals surface area contributed by atoms with Crippen LogP contribution in [-0.4, -0.2) is 15.2 Å². The van der Waals surface area contributed by atoms with Gasteiger partial charge in [-0.3, -0.25) is 4.79 Å². The molecule has 0 aliphatic heterocycles. The van der Waals surface area contributed by atoms with Gasteiger partial charge in [0.25, 0.3) is 5.56 Å². The Kier molecular flexibility index (Phi) is 2.49. The molecule has 0 aliphatic carbocycles. The molecule has 1 heterocycles. The Labute approximate surface area is 108 Å². The maximum Gasteiger partial charge on any atom is 0.260 e. The van der Waals surface area contributed by atoms with Gasteiger partial charge in [-0.2, -0.15) is 0 Å². The maximum absolute atomic E-state index is 12.1. The number of pyridine rings is 1. The molecule has 0 radical (unpaired) electrons. The van der Waals surface area contributed by atoms with Crippen molar-refractivity contribution in [3.63, 3.8) is 0 Å². The van der Waals surface area contributed by atoms with Crippen LogP contribution in [0, 0.1) is 0 Å². The Bertz CT molecular complexity index is 807. The molecule has 4 heteroatoms. The van der Waals surface area contributed by atoms with E-state index in [-0.39, 0.29) is 22.6 Å². The van der Waals surface area contributed by atoms with Crippen molar-refractivity contribution in [3.05, 3.63) is 58.9 Å². The zero-order valence-corrected chi connectivity index (χ0v) is 9.92. The van der Waals surface area contributed by atoms with Crippen molar-refractivity contribution in [2.24, 2.45) is 0 Å². The molecule has 3 N–H and O–H groups in total. The highest BCUT2D eigenvalue weighted by atomic mass is 16.3. The first-order valence-corrected chi connectivity index (χ1v) is 5.80. The number of hydrogen-bond acceptors (Lipinski definition) is 3. The lowest BCUT2D eigenvalue weighted by Crippen LogP contribution is -2.09. The van der Waals surface area contributed by atoms with Gasteiger partial charge in [-0.05, 0) is 23.8 Å². The largest absolute Gasteiger partial charge is 0.508 e. The lowest BCUT2D eigenvalue weighted by molar-refractivity contribution is 0.472. The van der Waals surface area contributed by atoms with Crippen LogP contribution in [-0.2, 0) is 0 Å². The number of aromatic amines is 1. The van der Waals surface area contributed by atoms with E-state index < -0.39 is 0 Å². The Morgan fingerprint density at radius 3 is 2.42 bits per heavy atom. The van der Waals surface area contributed by atoms with Gasteiger partial charge >= 0.3 is 0 Å². The molecule has 0 spiro atoms. The number of phenolic OH excluding ortho intramolecular Hbond substituents is 1. The summed E-state index contributed by atoms with van der Waals surface area (Å²) in [5.41, 5.74) is 0.965. The van der Waals surface area contributed by atoms with Crippen molar-refractivity contribution >= 4 is 10.9 Å². The number of nitrogens with one attached hydrogen (secondary N) is 1. The van der Waals surface area contributed by atoms with Crippen molar-refractivity contribution in [2.75, 3.05) is 0 Å². The highest BCUT2D eigenvalue weighted by molar-refractivity contribution is 5.92. The fourth-order valence-electron chi connectivity index (χ4n) is 2.14. The van der Waals surface area contributed by atoms with Crippen LogP contribution in [0.2, 0.25) is 0 Å². The molecule has 4 nitrogen and oxygen atoms in total. The molecule has 3 rings (SSSR count). The van der Waals surface area contributed by atoms with Gasteiger partial charge in [0, 0.05) is 5.39 Å². The first-order chi connectivity index (χ1) is 9.16. The van der Waals surface area contributed by atoms with E-state index in [0.717, 1.165) is 0 Å². The topological polar surface area (TPSA) is 73.3 Å². The van der Waals surface area contributed by atoms with Gasteiger partial charge in [0.05, 0.1) is 11.1 Å². The van der Waals surface area contributed by atoms with Crippen LogP contribution < -0.4 is 5.56 Å². The Balaban J connectivity index is 2.40. The van der Waals surface area contributed by atoms with E-state index in [1.165, 1.54) is 12.1 Å². The SMILES string of the molecule is O=c1[nH]c2ccc(O)cc2c(O)c1-c1ccccc1. The van der Waals surface area contributed by atoms with Crippen LogP contribution in [0.25, 0.3) is 22.0 Å². The number of H-pyrrole nitrogens is 1. The van der Waals surface area contributed by atoms with Crippen molar-refractivity contribution in [1.29, 1.82) is 0 Å². The number of phenols is 1. The van der Waals surface area contributed by atoms with Crippen LogP contribution in [0.1, 0.15) is 0 Å². The molecule has 1 aromatic heterocycles. The van der Waals surface area contributed by atoms with Gasteiger partial charge in [-0.1, -0.05) is 30.3 Å². The summed E-state index contributed by atoms with van der Waals surface area (Å²) in [6.45, 7) is 0. The third-order valence-electron chi connectivity index (χ3n) is 3.03. The summed E-state index contributed by atoms with van der Waals surface area (Å²) in [7, 11) is 0. The summed E-state index contributed by atoms with van der Waals surface area (Å²) in [6, 6.07) is 13.4. The molecule has 0 unspecified atom stereocenters. The van der Waals surface area contributed by atoms with Crippen LogP contribution in [0.15, 0.2) is 53.3 Å². The minimum atomic E-state index is -0.359. The fourth-order valence-corrected chi connectivity index (χ4v) is 2.14. The third kappa shape index (κ3) is 1.83. The Morgan fingerprint density at radius 2 is 1.68 bits per heavy atom. The van der Waals surface area contributed by atoms with E-state index in [1.54, 1.807) is 30.3 Å². The zero-order valence-electron chi connectivity index (χ0n) is 9.92. The second-order valence-electron chi connectivity index (χ2n) is 4.27.